The number of anilines is 1. The SMILES string of the molecule is CC(C)c1ccnc(NC2CN(C(=O)C3CC3)C2)c1. The number of pyridine rings is 1. The van der Waals surface area contributed by atoms with Crippen LogP contribution in [0.1, 0.15) is 38.2 Å². The number of nitrogens with zero attached hydrogens (tertiary/aromatic N) is 2. The Bertz CT molecular complexity index is 476. The minimum atomic E-state index is 0.336. The molecule has 2 aliphatic rings. The largest absolute Gasteiger partial charge is 0.364 e. The maximum absolute atomic E-state index is 11.8. The monoisotopic (exact) mass is 259 g/mol. The number of amides is 1. The molecule has 0 spiro atoms. The quantitative estimate of drug-likeness (QED) is 0.902. The van der Waals surface area contributed by atoms with Gasteiger partial charge in [-0.25, -0.2) is 4.98 Å². The van der Waals surface area contributed by atoms with Gasteiger partial charge in [0.05, 0.1) is 6.04 Å². The zero-order valence-electron chi connectivity index (χ0n) is 11.6. The lowest BCUT2D eigenvalue weighted by molar-refractivity contribution is -0.136. The second-order valence-electron chi connectivity index (χ2n) is 5.99. The smallest absolute Gasteiger partial charge is 0.225 e. The minimum Gasteiger partial charge on any atom is -0.364 e. The van der Waals surface area contributed by atoms with Crippen LogP contribution in [0.2, 0.25) is 0 Å². The van der Waals surface area contributed by atoms with Gasteiger partial charge in [0, 0.05) is 25.2 Å². The Kier molecular flexibility index (Phi) is 3.17. The summed E-state index contributed by atoms with van der Waals surface area (Å²) in [6, 6.07) is 4.52. The highest BCUT2D eigenvalue weighted by Gasteiger charge is 2.39. The van der Waals surface area contributed by atoms with Crippen LogP contribution in [0.25, 0.3) is 0 Å². The number of rotatable bonds is 4. The molecule has 19 heavy (non-hydrogen) atoms. The lowest BCUT2D eigenvalue weighted by Gasteiger charge is -2.40. The van der Waals surface area contributed by atoms with Crippen LogP contribution < -0.4 is 5.32 Å². The van der Waals surface area contributed by atoms with Crippen molar-refractivity contribution < 1.29 is 4.79 Å². The third-order valence-corrected chi connectivity index (χ3v) is 3.92. The highest BCUT2D eigenvalue weighted by atomic mass is 16.2. The lowest BCUT2D eigenvalue weighted by Crippen LogP contribution is -2.57. The van der Waals surface area contributed by atoms with E-state index in [4.69, 9.17) is 0 Å². The van der Waals surface area contributed by atoms with Gasteiger partial charge in [0.2, 0.25) is 5.91 Å². The fraction of sp³-hybridized carbons (Fsp3) is 0.600. The van der Waals surface area contributed by atoms with E-state index in [9.17, 15) is 4.79 Å². The average molecular weight is 259 g/mol. The summed E-state index contributed by atoms with van der Waals surface area (Å²) in [7, 11) is 0. The fourth-order valence-electron chi connectivity index (χ4n) is 2.43. The zero-order valence-corrected chi connectivity index (χ0v) is 11.6. The van der Waals surface area contributed by atoms with Gasteiger partial charge in [-0.2, -0.15) is 0 Å². The van der Waals surface area contributed by atoms with Crippen molar-refractivity contribution in [1.29, 1.82) is 0 Å². The van der Waals surface area contributed by atoms with E-state index in [-0.39, 0.29) is 0 Å². The first-order chi connectivity index (χ1) is 9.13. The Morgan fingerprint density at radius 1 is 1.42 bits per heavy atom. The van der Waals surface area contributed by atoms with Crippen LogP contribution >= 0.6 is 0 Å². The molecule has 1 amide bonds. The van der Waals surface area contributed by atoms with Gasteiger partial charge < -0.3 is 10.2 Å². The van der Waals surface area contributed by atoms with Crippen molar-refractivity contribution in [3.8, 4) is 0 Å². The molecule has 0 unspecified atom stereocenters. The van der Waals surface area contributed by atoms with E-state index in [1.165, 1.54) is 5.56 Å². The molecule has 1 saturated carbocycles. The van der Waals surface area contributed by atoms with E-state index in [1.807, 2.05) is 11.1 Å². The summed E-state index contributed by atoms with van der Waals surface area (Å²) in [5.41, 5.74) is 1.29. The standard InChI is InChI=1S/C15H21N3O/c1-10(2)12-5-6-16-14(7-12)17-13-8-18(9-13)15(19)11-3-4-11/h5-7,10-11,13H,3-4,8-9H2,1-2H3,(H,16,17). The van der Waals surface area contributed by atoms with Crippen molar-refractivity contribution in [3.63, 3.8) is 0 Å². The summed E-state index contributed by atoms with van der Waals surface area (Å²) in [5, 5.41) is 3.41. The molecule has 0 radical (unpaired) electrons. The third kappa shape index (κ3) is 2.72. The topological polar surface area (TPSA) is 45.2 Å². The molecule has 0 bridgehead atoms. The first kappa shape index (κ1) is 12.5. The van der Waals surface area contributed by atoms with E-state index in [0.29, 0.717) is 23.8 Å². The van der Waals surface area contributed by atoms with Gasteiger partial charge in [-0.1, -0.05) is 13.8 Å². The molecule has 1 saturated heterocycles. The van der Waals surface area contributed by atoms with Crippen molar-refractivity contribution in [2.75, 3.05) is 18.4 Å². The molecule has 4 nitrogen and oxygen atoms in total. The Labute approximate surface area is 114 Å². The molecule has 1 aliphatic heterocycles. The third-order valence-electron chi connectivity index (χ3n) is 3.92. The highest BCUT2D eigenvalue weighted by molar-refractivity contribution is 5.82. The lowest BCUT2D eigenvalue weighted by atomic mass is 10.0. The summed E-state index contributed by atoms with van der Waals surface area (Å²) < 4.78 is 0. The molecular formula is C15H21N3O. The van der Waals surface area contributed by atoms with Gasteiger partial charge in [0.15, 0.2) is 0 Å². The van der Waals surface area contributed by atoms with Crippen LogP contribution in [0.15, 0.2) is 18.3 Å². The number of carbonyl (C=O) groups is 1. The Hall–Kier alpha value is -1.58. The fourth-order valence-corrected chi connectivity index (χ4v) is 2.43. The summed E-state index contributed by atoms with van der Waals surface area (Å²) in [6.07, 6.45) is 4.03. The van der Waals surface area contributed by atoms with Crippen LogP contribution in [0, 0.1) is 5.92 Å². The average Bonchev–Trinajstić information content (AvgIpc) is 3.17. The molecule has 1 N–H and O–H groups in total. The van der Waals surface area contributed by atoms with Crippen molar-refractivity contribution in [1.82, 2.24) is 9.88 Å². The maximum atomic E-state index is 11.8. The number of aromatic nitrogens is 1. The molecule has 1 aromatic rings. The number of likely N-dealkylation sites (tertiary alicyclic amines) is 1. The number of carbonyl (C=O) groups excluding carboxylic acids is 1. The van der Waals surface area contributed by atoms with Crippen LogP contribution in [0.5, 0.6) is 0 Å². The second kappa shape index (κ2) is 4.83. The van der Waals surface area contributed by atoms with Crippen LogP contribution in [0.3, 0.4) is 0 Å². The molecule has 0 atom stereocenters. The van der Waals surface area contributed by atoms with E-state index < -0.39 is 0 Å². The Morgan fingerprint density at radius 2 is 2.16 bits per heavy atom. The van der Waals surface area contributed by atoms with Crippen molar-refractivity contribution in [2.45, 2.75) is 38.6 Å². The molecule has 3 rings (SSSR count). The minimum absolute atomic E-state index is 0.336. The van der Waals surface area contributed by atoms with E-state index in [2.05, 4.69) is 36.3 Å². The molecule has 0 aromatic carbocycles. The summed E-state index contributed by atoms with van der Waals surface area (Å²) in [4.78, 5) is 18.1. The zero-order chi connectivity index (χ0) is 13.4. The summed E-state index contributed by atoms with van der Waals surface area (Å²) in [5.74, 6) is 2.12. The van der Waals surface area contributed by atoms with Gasteiger partial charge in [-0.05, 0) is 36.5 Å². The van der Waals surface area contributed by atoms with Gasteiger partial charge in [0.25, 0.3) is 0 Å². The highest BCUT2D eigenvalue weighted by Crippen LogP contribution is 2.32. The van der Waals surface area contributed by atoms with Gasteiger partial charge >= 0.3 is 0 Å². The normalized spacial score (nSPS) is 19.4. The molecular weight excluding hydrogens is 238 g/mol. The Balaban J connectivity index is 1.53. The molecule has 1 aromatic heterocycles. The summed E-state index contributed by atoms with van der Waals surface area (Å²) >= 11 is 0. The first-order valence-electron chi connectivity index (χ1n) is 7.15. The molecule has 102 valence electrons. The Morgan fingerprint density at radius 3 is 2.79 bits per heavy atom. The molecule has 4 heteroatoms. The van der Waals surface area contributed by atoms with E-state index in [0.717, 1.165) is 31.7 Å². The number of hydrogen-bond acceptors (Lipinski definition) is 3. The predicted octanol–water partition coefficient (Wildman–Crippen LogP) is 2.24. The maximum Gasteiger partial charge on any atom is 0.225 e. The van der Waals surface area contributed by atoms with Crippen LogP contribution in [-0.4, -0.2) is 34.9 Å². The van der Waals surface area contributed by atoms with Crippen molar-refractivity contribution >= 4 is 11.7 Å². The van der Waals surface area contributed by atoms with E-state index in [1.54, 1.807) is 0 Å². The van der Waals surface area contributed by atoms with Crippen molar-refractivity contribution in [2.24, 2.45) is 5.92 Å². The molecule has 2 fully saturated rings. The predicted molar refractivity (Wildman–Crippen MR) is 75.0 cm³/mol. The number of hydrogen-bond donors (Lipinski definition) is 1. The van der Waals surface area contributed by atoms with Gasteiger partial charge in [0.1, 0.15) is 5.82 Å². The molecule has 1 aliphatic carbocycles. The second-order valence-corrected chi connectivity index (χ2v) is 5.99. The van der Waals surface area contributed by atoms with E-state index >= 15 is 0 Å². The van der Waals surface area contributed by atoms with Crippen molar-refractivity contribution in [3.05, 3.63) is 23.9 Å². The van der Waals surface area contributed by atoms with Crippen LogP contribution in [0.4, 0.5) is 5.82 Å². The summed E-state index contributed by atoms with van der Waals surface area (Å²) in [6.45, 7) is 6.00. The van der Waals surface area contributed by atoms with Gasteiger partial charge in [-0.3, -0.25) is 4.79 Å². The van der Waals surface area contributed by atoms with Gasteiger partial charge in [-0.15, -0.1) is 0 Å². The first-order valence-corrected chi connectivity index (χ1v) is 7.15. The molecule has 2 heterocycles. The van der Waals surface area contributed by atoms with Crippen LogP contribution in [-0.2, 0) is 4.79 Å². The number of nitrogens with one attached hydrogen (secondary N) is 1.